The van der Waals surface area contributed by atoms with Crippen molar-refractivity contribution < 1.29 is 0 Å². The molecule has 0 radical (unpaired) electrons. The van der Waals surface area contributed by atoms with E-state index < -0.39 is 0 Å². The Morgan fingerprint density at radius 2 is 1.95 bits per heavy atom. The molecule has 0 spiro atoms. The van der Waals surface area contributed by atoms with Gasteiger partial charge in [-0.05, 0) is 69.7 Å². The number of fused-ring (bicyclic) bond motifs is 1. The van der Waals surface area contributed by atoms with Crippen molar-refractivity contribution in [1.29, 1.82) is 0 Å². The fourth-order valence-electron chi connectivity index (χ4n) is 4.11. The highest BCUT2D eigenvalue weighted by Crippen LogP contribution is 2.40. The molecule has 2 atom stereocenters. The first-order valence-corrected chi connectivity index (χ1v) is 8.42. The molecule has 21 heavy (non-hydrogen) atoms. The Morgan fingerprint density at radius 3 is 2.62 bits per heavy atom. The van der Waals surface area contributed by atoms with E-state index in [9.17, 15) is 0 Å². The van der Waals surface area contributed by atoms with Gasteiger partial charge in [0.1, 0.15) is 0 Å². The number of nitrogens with zero attached hydrogens (tertiary/aromatic N) is 1. The van der Waals surface area contributed by atoms with Crippen molar-refractivity contribution in [2.45, 2.75) is 63.5 Å². The van der Waals surface area contributed by atoms with Crippen LogP contribution < -0.4 is 11.3 Å². The van der Waals surface area contributed by atoms with E-state index in [1.165, 1.54) is 49.9 Å². The Kier molecular flexibility index (Phi) is 4.34. The number of rotatable bonds is 5. The lowest BCUT2D eigenvalue weighted by atomic mass is 9.72. The lowest BCUT2D eigenvalue weighted by Gasteiger charge is -2.47. The summed E-state index contributed by atoms with van der Waals surface area (Å²) in [6, 6.07) is 9.18. The molecule has 1 aliphatic carbocycles. The van der Waals surface area contributed by atoms with E-state index in [0.717, 1.165) is 6.42 Å². The van der Waals surface area contributed by atoms with Crippen LogP contribution in [-0.2, 0) is 6.42 Å². The van der Waals surface area contributed by atoms with Gasteiger partial charge >= 0.3 is 0 Å². The molecule has 1 heterocycles. The molecule has 1 fully saturated rings. The average Bonchev–Trinajstić information content (AvgIpc) is 2.49. The van der Waals surface area contributed by atoms with Crippen LogP contribution in [0.15, 0.2) is 24.3 Å². The van der Waals surface area contributed by atoms with Gasteiger partial charge in [0.15, 0.2) is 0 Å². The van der Waals surface area contributed by atoms with E-state index in [-0.39, 0.29) is 5.54 Å². The Bertz CT molecular complexity index is 477. The molecule has 1 saturated heterocycles. The molecule has 1 aromatic carbocycles. The van der Waals surface area contributed by atoms with Crippen molar-refractivity contribution in [2.75, 3.05) is 13.1 Å². The SMILES string of the molecule is CC(C)(C(CC1Cc2ccccc21)NN)N1CCCCC1. The van der Waals surface area contributed by atoms with Gasteiger partial charge in [-0.3, -0.25) is 16.2 Å². The molecule has 0 amide bonds. The van der Waals surface area contributed by atoms with Crippen LogP contribution in [0.4, 0.5) is 0 Å². The van der Waals surface area contributed by atoms with Crippen molar-refractivity contribution >= 4 is 0 Å². The molecule has 1 aliphatic heterocycles. The highest BCUT2D eigenvalue weighted by Gasteiger charge is 2.38. The smallest absolute Gasteiger partial charge is 0.0395 e. The maximum Gasteiger partial charge on any atom is 0.0395 e. The zero-order valence-electron chi connectivity index (χ0n) is 13.4. The van der Waals surface area contributed by atoms with Gasteiger partial charge in [-0.2, -0.15) is 0 Å². The van der Waals surface area contributed by atoms with Gasteiger partial charge in [0.2, 0.25) is 0 Å². The second-order valence-corrected chi connectivity index (χ2v) is 7.26. The molecule has 2 unspecified atom stereocenters. The third-order valence-electron chi connectivity index (χ3n) is 5.71. The third kappa shape index (κ3) is 2.87. The van der Waals surface area contributed by atoms with Crippen molar-refractivity contribution in [3.05, 3.63) is 35.4 Å². The zero-order valence-corrected chi connectivity index (χ0v) is 13.4. The zero-order chi connectivity index (χ0) is 14.9. The highest BCUT2D eigenvalue weighted by atomic mass is 15.3. The summed E-state index contributed by atoms with van der Waals surface area (Å²) in [5.74, 6) is 6.61. The van der Waals surface area contributed by atoms with Gasteiger partial charge in [0, 0.05) is 11.6 Å². The van der Waals surface area contributed by atoms with Crippen LogP contribution in [0.2, 0.25) is 0 Å². The maximum absolute atomic E-state index is 5.94. The van der Waals surface area contributed by atoms with Crippen molar-refractivity contribution in [1.82, 2.24) is 10.3 Å². The number of nitrogens with one attached hydrogen (secondary N) is 1. The lowest BCUT2D eigenvalue weighted by Crippen LogP contribution is -2.61. The standard InChI is InChI=1S/C18H29N3/c1-18(2,21-10-6-3-7-11-21)17(20-19)13-15-12-14-8-4-5-9-16(14)15/h4-5,8-9,15,17,20H,3,6-7,10-13,19H2,1-2H3. The van der Waals surface area contributed by atoms with Gasteiger partial charge in [-0.25, -0.2) is 0 Å². The van der Waals surface area contributed by atoms with E-state index in [1.807, 2.05) is 0 Å². The number of benzene rings is 1. The Morgan fingerprint density at radius 1 is 1.24 bits per heavy atom. The summed E-state index contributed by atoms with van der Waals surface area (Å²) in [5, 5.41) is 0. The predicted octanol–water partition coefficient (Wildman–Crippen LogP) is 2.81. The topological polar surface area (TPSA) is 41.3 Å². The Labute approximate surface area is 128 Å². The Hall–Kier alpha value is -0.900. The largest absolute Gasteiger partial charge is 0.297 e. The van der Waals surface area contributed by atoms with Crippen LogP contribution in [0.1, 0.15) is 56.6 Å². The molecule has 116 valence electrons. The molecule has 3 heteroatoms. The van der Waals surface area contributed by atoms with Crippen LogP contribution in [0.5, 0.6) is 0 Å². The monoisotopic (exact) mass is 287 g/mol. The number of nitrogens with two attached hydrogens (primary N) is 1. The van der Waals surface area contributed by atoms with E-state index in [2.05, 4.69) is 48.4 Å². The highest BCUT2D eigenvalue weighted by molar-refractivity contribution is 5.40. The molecule has 3 rings (SSSR count). The summed E-state index contributed by atoms with van der Waals surface area (Å²) >= 11 is 0. The van der Waals surface area contributed by atoms with Crippen LogP contribution >= 0.6 is 0 Å². The summed E-state index contributed by atoms with van der Waals surface area (Å²) in [5.41, 5.74) is 6.31. The molecule has 0 aromatic heterocycles. The van der Waals surface area contributed by atoms with Gasteiger partial charge in [0.05, 0.1) is 0 Å². The van der Waals surface area contributed by atoms with Gasteiger partial charge in [-0.15, -0.1) is 0 Å². The minimum Gasteiger partial charge on any atom is -0.297 e. The maximum atomic E-state index is 5.94. The van der Waals surface area contributed by atoms with Gasteiger partial charge < -0.3 is 0 Å². The first-order chi connectivity index (χ1) is 10.1. The third-order valence-corrected chi connectivity index (χ3v) is 5.71. The van der Waals surface area contributed by atoms with Crippen molar-refractivity contribution in [2.24, 2.45) is 5.84 Å². The van der Waals surface area contributed by atoms with E-state index in [1.54, 1.807) is 0 Å². The number of likely N-dealkylation sites (tertiary alicyclic amines) is 1. The van der Waals surface area contributed by atoms with Crippen molar-refractivity contribution in [3.8, 4) is 0 Å². The summed E-state index contributed by atoms with van der Waals surface area (Å²) < 4.78 is 0. The van der Waals surface area contributed by atoms with Crippen LogP contribution in [0, 0.1) is 0 Å². The fourth-order valence-corrected chi connectivity index (χ4v) is 4.11. The molecule has 0 saturated carbocycles. The minimum atomic E-state index is 0.125. The Balaban J connectivity index is 1.67. The van der Waals surface area contributed by atoms with Crippen molar-refractivity contribution in [3.63, 3.8) is 0 Å². The van der Waals surface area contributed by atoms with Gasteiger partial charge in [-0.1, -0.05) is 30.7 Å². The van der Waals surface area contributed by atoms with Crippen LogP contribution in [-0.4, -0.2) is 29.6 Å². The lowest BCUT2D eigenvalue weighted by molar-refractivity contribution is 0.0549. The van der Waals surface area contributed by atoms with E-state index in [4.69, 9.17) is 5.84 Å². The summed E-state index contributed by atoms with van der Waals surface area (Å²) in [7, 11) is 0. The molecule has 3 N–H and O–H groups in total. The molecule has 1 aromatic rings. The summed E-state index contributed by atoms with van der Waals surface area (Å²) in [6.07, 6.45) is 6.38. The molecule has 3 nitrogen and oxygen atoms in total. The van der Waals surface area contributed by atoms with Crippen LogP contribution in [0.3, 0.4) is 0 Å². The number of hydrazine groups is 1. The van der Waals surface area contributed by atoms with E-state index >= 15 is 0 Å². The number of hydrogen-bond donors (Lipinski definition) is 2. The molecule has 2 aliphatic rings. The first kappa shape index (κ1) is 15.0. The number of hydrogen-bond acceptors (Lipinski definition) is 3. The second kappa shape index (κ2) is 6.07. The van der Waals surface area contributed by atoms with Gasteiger partial charge in [0.25, 0.3) is 0 Å². The fraction of sp³-hybridized carbons (Fsp3) is 0.667. The summed E-state index contributed by atoms with van der Waals surface area (Å²) in [4.78, 5) is 2.63. The average molecular weight is 287 g/mol. The molecule has 0 bridgehead atoms. The van der Waals surface area contributed by atoms with Crippen LogP contribution in [0.25, 0.3) is 0 Å². The minimum absolute atomic E-state index is 0.125. The second-order valence-electron chi connectivity index (χ2n) is 7.26. The number of piperidine rings is 1. The molecular formula is C18H29N3. The normalized spacial score (nSPS) is 24.2. The predicted molar refractivity (Wildman–Crippen MR) is 88.1 cm³/mol. The van der Waals surface area contributed by atoms with E-state index in [0.29, 0.717) is 12.0 Å². The first-order valence-electron chi connectivity index (χ1n) is 8.42. The molecular weight excluding hydrogens is 258 g/mol. The summed E-state index contributed by atoms with van der Waals surface area (Å²) in [6.45, 7) is 7.14. The quantitative estimate of drug-likeness (QED) is 0.646.